The lowest BCUT2D eigenvalue weighted by Crippen LogP contribution is -2.43. The maximum absolute atomic E-state index is 13.4. The topological polar surface area (TPSA) is 66.5 Å². The number of ether oxygens (including phenoxy) is 1. The summed E-state index contributed by atoms with van der Waals surface area (Å²) in [7, 11) is 1.36. The van der Waals surface area contributed by atoms with Gasteiger partial charge in [0.05, 0.1) is 19.0 Å². The van der Waals surface area contributed by atoms with Gasteiger partial charge in [0, 0.05) is 31.7 Å². The van der Waals surface area contributed by atoms with Gasteiger partial charge in [-0.1, -0.05) is 0 Å². The lowest BCUT2D eigenvalue weighted by molar-refractivity contribution is 0.102. The lowest BCUT2D eigenvalue weighted by atomic mass is 10.2. The van der Waals surface area contributed by atoms with Gasteiger partial charge in [0.15, 0.2) is 11.6 Å². The molecule has 3 rings (SSSR count). The summed E-state index contributed by atoms with van der Waals surface area (Å²) >= 11 is 0. The molecule has 0 saturated carbocycles. The van der Waals surface area contributed by atoms with E-state index in [0.717, 1.165) is 31.9 Å². The van der Waals surface area contributed by atoms with E-state index in [9.17, 15) is 9.18 Å². The number of benzene rings is 1. The maximum Gasteiger partial charge on any atom is 0.256 e. The molecule has 2 N–H and O–H groups in total. The molecule has 0 aliphatic carbocycles. The smallest absolute Gasteiger partial charge is 0.256 e. The van der Waals surface area contributed by atoms with Crippen molar-refractivity contribution >= 4 is 29.8 Å². The molecule has 1 aromatic carbocycles. The van der Waals surface area contributed by atoms with Crippen molar-refractivity contribution in [3.8, 4) is 5.75 Å². The molecule has 134 valence electrons. The number of halogens is 2. The van der Waals surface area contributed by atoms with Crippen molar-refractivity contribution in [3.05, 3.63) is 47.9 Å². The van der Waals surface area contributed by atoms with E-state index in [1.165, 1.54) is 25.3 Å². The number of amides is 1. The fourth-order valence-electron chi connectivity index (χ4n) is 2.56. The van der Waals surface area contributed by atoms with Crippen molar-refractivity contribution in [2.75, 3.05) is 43.5 Å². The predicted molar refractivity (Wildman–Crippen MR) is 97.5 cm³/mol. The van der Waals surface area contributed by atoms with E-state index < -0.39 is 5.82 Å². The second-order valence-electron chi connectivity index (χ2n) is 5.44. The zero-order valence-corrected chi connectivity index (χ0v) is 14.6. The van der Waals surface area contributed by atoms with Crippen LogP contribution in [0.1, 0.15) is 10.4 Å². The fraction of sp³-hybridized carbons (Fsp3) is 0.294. The number of rotatable bonds is 4. The first kappa shape index (κ1) is 19.0. The van der Waals surface area contributed by atoms with Crippen LogP contribution in [0.15, 0.2) is 36.5 Å². The van der Waals surface area contributed by atoms with Crippen LogP contribution in [0.3, 0.4) is 0 Å². The van der Waals surface area contributed by atoms with E-state index in [1.54, 1.807) is 12.3 Å². The number of anilines is 2. The van der Waals surface area contributed by atoms with Gasteiger partial charge in [-0.25, -0.2) is 9.37 Å². The number of hydrogen-bond donors (Lipinski definition) is 2. The molecular formula is C17H20ClFN4O2. The van der Waals surface area contributed by atoms with Crippen molar-refractivity contribution in [2.24, 2.45) is 0 Å². The normalized spacial score (nSPS) is 13.8. The molecule has 6 nitrogen and oxygen atoms in total. The third kappa shape index (κ3) is 4.58. The minimum Gasteiger partial charge on any atom is -0.494 e. The molecule has 1 aromatic heterocycles. The Labute approximate surface area is 151 Å². The van der Waals surface area contributed by atoms with Gasteiger partial charge < -0.3 is 20.3 Å². The molecule has 0 unspecified atom stereocenters. The molecule has 2 aromatic rings. The molecule has 8 heteroatoms. The van der Waals surface area contributed by atoms with Crippen LogP contribution in [-0.4, -0.2) is 44.2 Å². The Morgan fingerprint density at radius 3 is 2.68 bits per heavy atom. The average molecular weight is 367 g/mol. The Balaban J connectivity index is 0.00000225. The number of nitrogens with one attached hydrogen (secondary N) is 2. The minimum absolute atomic E-state index is 0. The summed E-state index contributed by atoms with van der Waals surface area (Å²) in [4.78, 5) is 18.7. The number of piperazine rings is 1. The summed E-state index contributed by atoms with van der Waals surface area (Å²) in [6.07, 6.45) is 1.74. The summed E-state index contributed by atoms with van der Waals surface area (Å²) in [5.74, 6) is -0.393. The molecule has 2 heterocycles. The number of carbonyl (C=O) groups is 1. The fourth-order valence-corrected chi connectivity index (χ4v) is 2.56. The predicted octanol–water partition coefficient (Wildman–Crippen LogP) is 2.31. The molecule has 0 atom stereocenters. The zero-order chi connectivity index (χ0) is 16.9. The van der Waals surface area contributed by atoms with Crippen molar-refractivity contribution in [1.29, 1.82) is 0 Å². The molecule has 1 aliphatic rings. The first-order valence-electron chi connectivity index (χ1n) is 7.74. The second kappa shape index (κ2) is 8.64. The lowest BCUT2D eigenvalue weighted by Gasteiger charge is -2.29. The van der Waals surface area contributed by atoms with E-state index in [-0.39, 0.29) is 24.1 Å². The van der Waals surface area contributed by atoms with Crippen LogP contribution < -0.4 is 20.3 Å². The van der Waals surface area contributed by atoms with Gasteiger partial charge in [0.25, 0.3) is 5.91 Å². The SMILES string of the molecule is COc1cc(C(=O)Nc2ccc(N3CCNCC3)cn2)ccc1F.Cl. The number of pyridine rings is 1. The quantitative estimate of drug-likeness (QED) is 0.869. The molecule has 1 aliphatic heterocycles. The number of hydrogen-bond acceptors (Lipinski definition) is 5. The number of aromatic nitrogens is 1. The number of methoxy groups -OCH3 is 1. The van der Waals surface area contributed by atoms with Crippen molar-refractivity contribution in [3.63, 3.8) is 0 Å². The minimum atomic E-state index is -0.507. The number of carbonyl (C=O) groups excluding carboxylic acids is 1. The van der Waals surface area contributed by atoms with Crippen molar-refractivity contribution < 1.29 is 13.9 Å². The molecule has 1 fully saturated rings. The van der Waals surface area contributed by atoms with E-state index in [0.29, 0.717) is 11.4 Å². The summed E-state index contributed by atoms with van der Waals surface area (Å²) in [5.41, 5.74) is 1.33. The largest absolute Gasteiger partial charge is 0.494 e. The van der Waals surface area contributed by atoms with Crippen LogP contribution in [0.2, 0.25) is 0 Å². The summed E-state index contributed by atoms with van der Waals surface area (Å²) in [6, 6.07) is 7.66. The molecule has 0 bridgehead atoms. The van der Waals surface area contributed by atoms with Gasteiger partial charge in [-0.2, -0.15) is 0 Å². The van der Waals surface area contributed by atoms with Crippen LogP contribution in [0, 0.1) is 5.82 Å². The van der Waals surface area contributed by atoms with Gasteiger partial charge >= 0.3 is 0 Å². The van der Waals surface area contributed by atoms with Crippen LogP contribution in [0.25, 0.3) is 0 Å². The third-order valence-corrected chi connectivity index (χ3v) is 3.88. The highest BCUT2D eigenvalue weighted by atomic mass is 35.5. The first-order chi connectivity index (χ1) is 11.7. The second-order valence-corrected chi connectivity index (χ2v) is 5.44. The average Bonchev–Trinajstić information content (AvgIpc) is 2.63. The van der Waals surface area contributed by atoms with Gasteiger partial charge in [0.2, 0.25) is 0 Å². The van der Waals surface area contributed by atoms with E-state index in [4.69, 9.17) is 4.74 Å². The highest BCUT2D eigenvalue weighted by Crippen LogP contribution is 2.20. The highest BCUT2D eigenvalue weighted by Gasteiger charge is 2.13. The van der Waals surface area contributed by atoms with Gasteiger partial charge in [0.1, 0.15) is 5.82 Å². The Bertz CT molecular complexity index is 721. The Hall–Kier alpha value is -2.38. The molecule has 25 heavy (non-hydrogen) atoms. The Morgan fingerprint density at radius 2 is 2.04 bits per heavy atom. The zero-order valence-electron chi connectivity index (χ0n) is 13.8. The van der Waals surface area contributed by atoms with E-state index in [2.05, 4.69) is 20.5 Å². The Morgan fingerprint density at radius 1 is 1.28 bits per heavy atom. The monoisotopic (exact) mass is 366 g/mol. The van der Waals surface area contributed by atoms with Crippen molar-refractivity contribution in [2.45, 2.75) is 0 Å². The first-order valence-corrected chi connectivity index (χ1v) is 7.74. The van der Waals surface area contributed by atoms with Gasteiger partial charge in [-0.3, -0.25) is 4.79 Å². The summed E-state index contributed by atoms with van der Waals surface area (Å²) in [5, 5.41) is 6.00. The van der Waals surface area contributed by atoms with E-state index >= 15 is 0 Å². The van der Waals surface area contributed by atoms with Gasteiger partial charge in [-0.15, -0.1) is 12.4 Å². The summed E-state index contributed by atoms with van der Waals surface area (Å²) in [6.45, 7) is 3.77. The highest BCUT2D eigenvalue weighted by molar-refractivity contribution is 6.04. The molecule has 1 amide bonds. The van der Waals surface area contributed by atoms with Crippen LogP contribution in [0.4, 0.5) is 15.9 Å². The third-order valence-electron chi connectivity index (χ3n) is 3.88. The van der Waals surface area contributed by atoms with Crippen LogP contribution in [-0.2, 0) is 0 Å². The van der Waals surface area contributed by atoms with E-state index in [1.807, 2.05) is 6.07 Å². The van der Waals surface area contributed by atoms with Crippen LogP contribution in [0.5, 0.6) is 5.75 Å². The summed E-state index contributed by atoms with van der Waals surface area (Å²) < 4.78 is 18.3. The van der Waals surface area contributed by atoms with Crippen molar-refractivity contribution in [1.82, 2.24) is 10.3 Å². The molecule has 1 saturated heterocycles. The number of nitrogens with zero attached hydrogens (tertiary/aromatic N) is 2. The standard InChI is InChI=1S/C17H19FN4O2.ClH/c1-24-15-10-12(2-4-14(15)18)17(23)21-16-5-3-13(11-20-16)22-8-6-19-7-9-22;/h2-5,10-11,19H,6-9H2,1H3,(H,20,21,23);1H. The molecular weight excluding hydrogens is 347 g/mol. The van der Waals surface area contributed by atoms with Gasteiger partial charge in [-0.05, 0) is 30.3 Å². The van der Waals surface area contributed by atoms with Crippen LogP contribution >= 0.6 is 12.4 Å². The Kier molecular flexibility index (Phi) is 6.55. The molecule has 0 spiro atoms. The maximum atomic E-state index is 13.4. The molecule has 0 radical (unpaired) electrons.